The molecule has 0 radical (unpaired) electrons. The van der Waals surface area contributed by atoms with E-state index in [0.29, 0.717) is 13.0 Å². The quantitative estimate of drug-likeness (QED) is 0.631. The molecule has 1 aromatic carbocycles. The van der Waals surface area contributed by atoms with Gasteiger partial charge < -0.3 is 15.7 Å². The van der Waals surface area contributed by atoms with Crippen LogP contribution in [0.15, 0.2) is 24.3 Å². The molecule has 1 saturated heterocycles. The van der Waals surface area contributed by atoms with Crippen molar-refractivity contribution in [2.45, 2.75) is 44.9 Å². The summed E-state index contributed by atoms with van der Waals surface area (Å²) < 4.78 is 0. The second-order valence-corrected chi connectivity index (χ2v) is 6.26. The molecule has 0 aromatic heterocycles. The predicted octanol–water partition coefficient (Wildman–Crippen LogP) is 1.26. The van der Waals surface area contributed by atoms with Crippen LogP contribution in [0.5, 0.6) is 0 Å². The van der Waals surface area contributed by atoms with Crippen molar-refractivity contribution >= 4 is 5.91 Å². The minimum Gasteiger partial charge on any atom is -0.393 e. The van der Waals surface area contributed by atoms with Gasteiger partial charge in [-0.1, -0.05) is 24.3 Å². The number of hydrogen-bond donors (Lipinski definition) is 3. The minimum atomic E-state index is -0.140. The van der Waals surface area contributed by atoms with Gasteiger partial charge in [0.25, 0.3) is 0 Å². The van der Waals surface area contributed by atoms with Crippen molar-refractivity contribution in [1.82, 2.24) is 15.5 Å². The second kappa shape index (κ2) is 9.65. The van der Waals surface area contributed by atoms with Crippen LogP contribution in [-0.2, 0) is 17.9 Å². The fourth-order valence-corrected chi connectivity index (χ4v) is 2.91. The highest BCUT2D eigenvalue weighted by Gasteiger charge is 2.17. The van der Waals surface area contributed by atoms with Gasteiger partial charge in [-0.25, -0.2) is 0 Å². The molecule has 128 valence electrons. The molecule has 1 aliphatic rings. The molecule has 0 saturated carbocycles. The molecule has 1 fully saturated rings. The standard InChI is InChI=1S/C18H29N3O2/c1-19-10-4-7-18(23)20-13-15-5-2-3-6-16(15)14-21-11-8-17(22)9-12-21/h2-3,5-6,17,19,22H,4,7-14H2,1H3,(H,20,23). The SMILES string of the molecule is CNCCCC(=O)NCc1ccccc1CN1CCC(O)CC1. The molecule has 1 aromatic rings. The van der Waals surface area contributed by atoms with Crippen LogP contribution in [0, 0.1) is 0 Å². The molecular formula is C18H29N3O2. The number of nitrogens with zero attached hydrogens (tertiary/aromatic N) is 1. The van der Waals surface area contributed by atoms with E-state index in [9.17, 15) is 9.90 Å². The van der Waals surface area contributed by atoms with Crippen LogP contribution < -0.4 is 10.6 Å². The summed E-state index contributed by atoms with van der Waals surface area (Å²) in [6, 6.07) is 8.29. The first-order valence-electron chi connectivity index (χ1n) is 8.57. The van der Waals surface area contributed by atoms with E-state index in [1.807, 2.05) is 19.2 Å². The minimum absolute atomic E-state index is 0.108. The summed E-state index contributed by atoms with van der Waals surface area (Å²) in [6.45, 7) is 4.21. The van der Waals surface area contributed by atoms with Gasteiger partial charge in [0.1, 0.15) is 0 Å². The fraction of sp³-hybridized carbons (Fsp3) is 0.611. The monoisotopic (exact) mass is 319 g/mol. The molecule has 0 spiro atoms. The highest BCUT2D eigenvalue weighted by molar-refractivity contribution is 5.75. The number of nitrogens with one attached hydrogen (secondary N) is 2. The number of amides is 1. The maximum absolute atomic E-state index is 11.9. The Morgan fingerprint density at radius 2 is 1.96 bits per heavy atom. The first-order chi connectivity index (χ1) is 11.2. The lowest BCUT2D eigenvalue weighted by molar-refractivity contribution is -0.121. The summed E-state index contributed by atoms with van der Waals surface area (Å²) >= 11 is 0. The van der Waals surface area contributed by atoms with Crippen molar-refractivity contribution in [2.75, 3.05) is 26.7 Å². The van der Waals surface area contributed by atoms with Gasteiger partial charge in [-0.15, -0.1) is 0 Å². The zero-order valence-electron chi connectivity index (χ0n) is 14.1. The Morgan fingerprint density at radius 1 is 1.26 bits per heavy atom. The molecule has 0 bridgehead atoms. The van der Waals surface area contributed by atoms with E-state index in [1.54, 1.807) is 0 Å². The lowest BCUT2D eigenvalue weighted by Crippen LogP contribution is -2.35. The summed E-state index contributed by atoms with van der Waals surface area (Å²) in [5, 5.41) is 15.7. The fourth-order valence-electron chi connectivity index (χ4n) is 2.91. The van der Waals surface area contributed by atoms with Gasteiger partial charge in [-0.05, 0) is 44.0 Å². The van der Waals surface area contributed by atoms with Crippen molar-refractivity contribution in [1.29, 1.82) is 0 Å². The molecule has 0 unspecified atom stereocenters. The predicted molar refractivity (Wildman–Crippen MR) is 92.0 cm³/mol. The Bertz CT molecular complexity index is 485. The van der Waals surface area contributed by atoms with Crippen molar-refractivity contribution < 1.29 is 9.90 Å². The third kappa shape index (κ3) is 6.29. The van der Waals surface area contributed by atoms with Crippen molar-refractivity contribution in [3.63, 3.8) is 0 Å². The van der Waals surface area contributed by atoms with Crippen molar-refractivity contribution in [2.24, 2.45) is 0 Å². The molecule has 5 heteroatoms. The van der Waals surface area contributed by atoms with Gasteiger partial charge in [0, 0.05) is 32.6 Å². The first-order valence-corrected chi connectivity index (χ1v) is 8.57. The lowest BCUT2D eigenvalue weighted by Gasteiger charge is -2.30. The Morgan fingerprint density at radius 3 is 2.65 bits per heavy atom. The number of likely N-dealkylation sites (tertiary alicyclic amines) is 1. The molecule has 1 aliphatic heterocycles. The van der Waals surface area contributed by atoms with E-state index in [-0.39, 0.29) is 12.0 Å². The van der Waals surface area contributed by atoms with E-state index < -0.39 is 0 Å². The van der Waals surface area contributed by atoms with Gasteiger partial charge >= 0.3 is 0 Å². The van der Waals surface area contributed by atoms with Crippen LogP contribution in [0.3, 0.4) is 0 Å². The van der Waals surface area contributed by atoms with Crippen LogP contribution >= 0.6 is 0 Å². The van der Waals surface area contributed by atoms with Crippen LogP contribution in [0.1, 0.15) is 36.8 Å². The molecule has 23 heavy (non-hydrogen) atoms. The molecule has 0 aliphatic carbocycles. The Labute approximate surface area is 139 Å². The molecule has 3 N–H and O–H groups in total. The zero-order valence-corrected chi connectivity index (χ0v) is 14.1. The van der Waals surface area contributed by atoms with Gasteiger partial charge in [0.05, 0.1) is 6.10 Å². The second-order valence-electron chi connectivity index (χ2n) is 6.26. The number of hydrogen-bond acceptors (Lipinski definition) is 4. The van der Waals surface area contributed by atoms with E-state index >= 15 is 0 Å². The van der Waals surface area contributed by atoms with Gasteiger partial charge in [0.15, 0.2) is 0 Å². The number of piperidine rings is 1. The van der Waals surface area contributed by atoms with Crippen molar-refractivity contribution in [3.8, 4) is 0 Å². The maximum Gasteiger partial charge on any atom is 0.220 e. The van der Waals surface area contributed by atoms with E-state index in [4.69, 9.17) is 0 Å². The van der Waals surface area contributed by atoms with Crippen LogP contribution in [-0.4, -0.2) is 48.7 Å². The van der Waals surface area contributed by atoms with Gasteiger partial charge in [-0.2, -0.15) is 0 Å². The lowest BCUT2D eigenvalue weighted by atomic mass is 10.0. The number of aliphatic hydroxyl groups is 1. The van der Waals surface area contributed by atoms with E-state index in [0.717, 1.165) is 45.4 Å². The zero-order chi connectivity index (χ0) is 16.5. The number of rotatable bonds is 8. The van der Waals surface area contributed by atoms with Gasteiger partial charge in [-0.3, -0.25) is 9.69 Å². The van der Waals surface area contributed by atoms with Crippen molar-refractivity contribution in [3.05, 3.63) is 35.4 Å². The maximum atomic E-state index is 11.9. The highest BCUT2D eigenvalue weighted by atomic mass is 16.3. The number of aliphatic hydroxyl groups excluding tert-OH is 1. The average molecular weight is 319 g/mol. The molecule has 2 rings (SSSR count). The molecule has 1 heterocycles. The summed E-state index contributed by atoms with van der Waals surface area (Å²) in [5.41, 5.74) is 2.44. The summed E-state index contributed by atoms with van der Waals surface area (Å²) in [7, 11) is 1.90. The summed E-state index contributed by atoms with van der Waals surface area (Å²) in [5.74, 6) is 0.108. The van der Waals surface area contributed by atoms with Crippen LogP contribution in [0.25, 0.3) is 0 Å². The van der Waals surface area contributed by atoms with Gasteiger partial charge in [0.2, 0.25) is 5.91 Å². The third-order valence-corrected chi connectivity index (χ3v) is 4.38. The first kappa shape index (κ1) is 17.9. The number of carbonyl (C=O) groups excluding carboxylic acids is 1. The normalized spacial score (nSPS) is 16.4. The average Bonchev–Trinajstić information content (AvgIpc) is 2.56. The Balaban J connectivity index is 1.83. The number of benzene rings is 1. The molecule has 1 amide bonds. The summed E-state index contributed by atoms with van der Waals surface area (Å²) in [4.78, 5) is 14.2. The topological polar surface area (TPSA) is 64.6 Å². The third-order valence-electron chi connectivity index (χ3n) is 4.38. The largest absolute Gasteiger partial charge is 0.393 e. The van der Waals surface area contributed by atoms with E-state index in [2.05, 4.69) is 27.7 Å². The smallest absolute Gasteiger partial charge is 0.220 e. The number of carbonyl (C=O) groups is 1. The van der Waals surface area contributed by atoms with Crippen LogP contribution in [0.2, 0.25) is 0 Å². The Hall–Kier alpha value is -1.43. The van der Waals surface area contributed by atoms with Crippen LogP contribution in [0.4, 0.5) is 0 Å². The van der Waals surface area contributed by atoms with E-state index in [1.165, 1.54) is 11.1 Å². The summed E-state index contributed by atoms with van der Waals surface area (Å²) in [6.07, 6.45) is 2.99. The molecular weight excluding hydrogens is 290 g/mol. The Kier molecular flexibility index (Phi) is 7.52. The molecule has 5 nitrogen and oxygen atoms in total. The molecule has 0 atom stereocenters. The highest BCUT2D eigenvalue weighted by Crippen LogP contribution is 2.16.